The molecule has 0 aliphatic carbocycles. The van der Waals surface area contributed by atoms with Crippen molar-refractivity contribution in [3.05, 3.63) is 47.3 Å². The Kier molecular flexibility index (Phi) is 6.53. The highest BCUT2D eigenvalue weighted by molar-refractivity contribution is 9.10. The van der Waals surface area contributed by atoms with Crippen LogP contribution in [0.5, 0.6) is 0 Å². The van der Waals surface area contributed by atoms with Crippen LogP contribution in [-0.4, -0.2) is 46.2 Å². The number of halogens is 1. The fourth-order valence-electron chi connectivity index (χ4n) is 3.49. The van der Waals surface area contributed by atoms with Crippen molar-refractivity contribution >= 4 is 62.2 Å². The van der Waals surface area contributed by atoms with E-state index in [4.69, 9.17) is 11.8 Å². The number of anilines is 4. The Morgan fingerprint density at radius 2 is 1.93 bits per heavy atom. The fourth-order valence-corrected chi connectivity index (χ4v) is 5.42. The number of benzene rings is 1. The molecule has 4 rings (SSSR count). The van der Waals surface area contributed by atoms with Gasteiger partial charge in [-0.25, -0.2) is 4.98 Å². The van der Waals surface area contributed by atoms with Gasteiger partial charge in [-0.2, -0.15) is 10.1 Å². The number of hydrogen-bond acceptors (Lipinski definition) is 7. The van der Waals surface area contributed by atoms with Gasteiger partial charge >= 0.3 is 0 Å². The molecule has 30 heavy (non-hydrogen) atoms. The summed E-state index contributed by atoms with van der Waals surface area (Å²) in [6.45, 7) is 6.32. The van der Waals surface area contributed by atoms with Crippen LogP contribution in [0.4, 0.5) is 23.1 Å². The van der Waals surface area contributed by atoms with Gasteiger partial charge in [0.25, 0.3) is 0 Å². The molecule has 3 heterocycles. The van der Waals surface area contributed by atoms with E-state index >= 15 is 0 Å². The third kappa shape index (κ3) is 5.09. The monoisotopic (exact) mass is 505 g/mol. The van der Waals surface area contributed by atoms with Gasteiger partial charge in [0.2, 0.25) is 5.95 Å². The summed E-state index contributed by atoms with van der Waals surface area (Å²) in [5.74, 6) is 1.20. The molecular weight excluding hydrogens is 481 g/mol. The first-order valence-electron chi connectivity index (χ1n) is 9.86. The first kappa shape index (κ1) is 21.4. The van der Waals surface area contributed by atoms with Crippen LogP contribution in [-0.2, 0) is 11.8 Å². The zero-order valence-corrected chi connectivity index (χ0v) is 20.3. The maximum atomic E-state index is 5.76. The van der Waals surface area contributed by atoms with Gasteiger partial charge in [-0.1, -0.05) is 30.0 Å². The molecule has 1 saturated heterocycles. The summed E-state index contributed by atoms with van der Waals surface area (Å²) in [6.07, 6.45) is 7.76. The van der Waals surface area contributed by atoms with Crippen LogP contribution in [0.2, 0.25) is 0 Å². The van der Waals surface area contributed by atoms with E-state index in [9.17, 15) is 0 Å². The molecule has 0 saturated carbocycles. The third-order valence-electron chi connectivity index (χ3n) is 5.02. The second-order valence-electron chi connectivity index (χ2n) is 7.70. The number of nitrogens with zero attached hydrogens (tertiary/aromatic N) is 4. The van der Waals surface area contributed by atoms with E-state index in [1.54, 1.807) is 6.20 Å². The first-order chi connectivity index (χ1) is 14.4. The zero-order chi connectivity index (χ0) is 21.1. The summed E-state index contributed by atoms with van der Waals surface area (Å²) in [5.41, 5.74) is 1.86. The van der Waals surface area contributed by atoms with Crippen molar-refractivity contribution in [3.8, 4) is 0 Å². The van der Waals surface area contributed by atoms with Gasteiger partial charge in [-0.05, 0) is 67.3 Å². The van der Waals surface area contributed by atoms with Crippen molar-refractivity contribution in [2.75, 3.05) is 37.1 Å². The fraction of sp³-hybridized carbons (Fsp3) is 0.350. The molecule has 1 aromatic carbocycles. The Morgan fingerprint density at radius 1 is 1.17 bits per heavy atom. The minimum Gasteiger partial charge on any atom is -0.339 e. The molecule has 7 nitrogen and oxygen atoms in total. The van der Waals surface area contributed by atoms with E-state index < -0.39 is 6.04 Å². The van der Waals surface area contributed by atoms with Gasteiger partial charge in [0.15, 0.2) is 0 Å². The predicted molar refractivity (Wildman–Crippen MR) is 132 cm³/mol. The molecule has 1 aliphatic rings. The molecule has 1 aliphatic heterocycles. The molecule has 2 aromatic heterocycles. The van der Waals surface area contributed by atoms with E-state index in [-0.39, 0.29) is 0 Å². The van der Waals surface area contributed by atoms with Gasteiger partial charge in [-0.15, -0.1) is 0 Å². The highest BCUT2D eigenvalue weighted by Gasteiger charge is 2.17. The first-order valence-corrected chi connectivity index (χ1v) is 14.3. The van der Waals surface area contributed by atoms with E-state index in [1.165, 1.54) is 0 Å². The Labute approximate surface area is 190 Å². The Bertz CT molecular complexity index is 1070. The molecular formula is C20H25BrN7PS. The van der Waals surface area contributed by atoms with Gasteiger partial charge < -0.3 is 16.0 Å². The normalized spacial score (nSPS) is 15.2. The molecule has 0 atom stereocenters. The van der Waals surface area contributed by atoms with Gasteiger partial charge in [0, 0.05) is 23.4 Å². The summed E-state index contributed by atoms with van der Waals surface area (Å²) in [4.78, 5) is 9.06. The SMILES string of the molecule is CP(C)(=S)c1ccccc1Nc1nc(Nc2cnn(C3CCNCC3)c2)ncc1Br. The molecule has 0 bridgehead atoms. The molecule has 0 amide bonds. The minimum atomic E-state index is -1.60. The third-order valence-corrected chi connectivity index (χ3v) is 7.74. The van der Waals surface area contributed by atoms with E-state index in [1.807, 2.05) is 35.3 Å². The number of piperidine rings is 1. The average molecular weight is 506 g/mol. The molecule has 0 unspecified atom stereocenters. The van der Waals surface area contributed by atoms with Crippen LogP contribution in [0.1, 0.15) is 18.9 Å². The maximum absolute atomic E-state index is 5.76. The lowest BCUT2D eigenvalue weighted by atomic mass is 10.1. The van der Waals surface area contributed by atoms with Crippen molar-refractivity contribution in [2.45, 2.75) is 18.9 Å². The van der Waals surface area contributed by atoms with Crippen LogP contribution in [0.25, 0.3) is 0 Å². The van der Waals surface area contributed by atoms with E-state index in [2.05, 4.69) is 66.3 Å². The largest absolute Gasteiger partial charge is 0.339 e. The standard InChI is InChI=1S/C20H25BrN7PS/c1-29(2,30)18-6-4-3-5-17(18)26-19-16(21)12-23-20(27-19)25-14-11-24-28(13-14)15-7-9-22-10-8-15/h3-6,11-13,15,22H,7-10H2,1-2H3,(H2,23,25,26,27). The van der Waals surface area contributed by atoms with E-state index in [0.29, 0.717) is 17.8 Å². The van der Waals surface area contributed by atoms with Crippen molar-refractivity contribution in [1.82, 2.24) is 25.1 Å². The lowest BCUT2D eigenvalue weighted by Gasteiger charge is -2.22. The lowest BCUT2D eigenvalue weighted by Crippen LogP contribution is -2.29. The molecule has 10 heteroatoms. The second-order valence-corrected chi connectivity index (χ2v) is 14.5. The molecule has 0 radical (unpaired) electrons. The van der Waals surface area contributed by atoms with Crippen LogP contribution < -0.4 is 21.3 Å². The molecule has 3 N–H and O–H groups in total. The summed E-state index contributed by atoms with van der Waals surface area (Å²) in [6, 6.07) is 6.98. The summed E-state index contributed by atoms with van der Waals surface area (Å²) < 4.78 is 2.82. The Morgan fingerprint density at radius 3 is 2.70 bits per heavy atom. The minimum absolute atomic E-state index is 0.437. The Balaban J connectivity index is 1.53. The van der Waals surface area contributed by atoms with Gasteiger partial charge in [0.1, 0.15) is 5.82 Å². The quantitative estimate of drug-likeness (QED) is 0.433. The van der Waals surface area contributed by atoms with Crippen molar-refractivity contribution in [3.63, 3.8) is 0 Å². The number of para-hydroxylation sites is 1. The van der Waals surface area contributed by atoms with Crippen LogP contribution in [0, 0.1) is 0 Å². The van der Waals surface area contributed by atoms with Crippen molar-refractivity contribution in [1.29, 1.82) is 0 Å². The van der Waals surface area contributed by atoms with Gasteiger partial charge in [0.05, 0.1) is 22.4 Å². The maximum Gasteiger partial charge on any atom is 0.229 e. The van der Waals surface area contributed by atoms with Crippen LogP contribution in [0.3, 0.4) is 0 Å². The molecule has 0 spiro atoms. The van der Waals surface area contributed by atoms with Crippen molar-refractivity contribution < 1.29 is 0 Å². The number of nitrogens with one attached hydrogen (secondary N) is 3. The lowest BCUT2D eigenvalue weighted by molar-refractivity contribution is 0.343. The molecule has 1 fully saturated rings. The van der Waals surface area contributed by atoms with E-state index in [0.717, 1.165) is 47.1 Å². The average Bonchev–Trinajstić information content (AvgIpc) is 3.19. The number of aromatic nitrogens is 4. The molecule has 158 valence electrons. The number of rotatable bonds is 6. The second kappa shape index (κ2) is 9.14. The summed E-state index contributed by atoms with van der Waals surface area (Å²) >= 11 is 9.31. The smallest absolute Gasteiger partial charge is 0.229 e. The topological polar surface area (TPSA) is 79.7 Å². The summed E-state index contributed by atoms with van der Waals surface area (Å²) in [5, 5.41) is 15.8. The summed E-state index contributed by atoms with van der Waals surface area (Å²) in [7, 11) is 0. The van der Waals surface area contributed by atoms with Gasteiger partial charge in [-0.3, -0.25) is 4.68 Å². The highest BCUT2D eigenvalue weighted by atomic mass is 79.9. The number of hydrogen-bond donors (Lipinski definition) is 3. The zero-order valence-electron chi connectivity index (χ0n) is 17.0. The molecule has 3 aromatic rings. The van der Waals surface area contributed by atoms with Crippen LogP contribution in [0.15, 0.2) is 47.3 Å². The van der Waals surface area contributed by atoms with Crippen molar-refractivity contribution in [2.24, 2.45) is 0 Å². The highest BCUT2D eigenvalue weighted by Crippen LogP contribution is 2.39. The van der Waals surface area contributed by atoms with Crippen LogP contribution >= 0.6 is 22.0 Å². The predicted octanol–water partition coefficient (Wildman–Crippen LogP) is 4.21. The Hall–Kier alpha value is -1.80.